The van der Waals surface area contributed by atoms with E-state index in [2.05, 4.69) is 16.9 Å². The first-order chi connectivity index (χ1) is 7.27. The fourth-order valence-corrected chi connectivity index (χ4v) is 2.28. The molecule has 1 aromatic heterocycles. The first-order valence-corrected chi connectivity index (χ1v) is 5.58. The van der Waals surface area contributed by atoms with Gasteiger partial charge in [-0.15, -0.1) is 0 Å². The number of hydrogen-bond donors (Lipinski definition) is 0. The van der Waals surface area contributed by atoms with Crippen LogP contribution in [0.1, 0.15) is 43.2 Å². The van der Waals surface area contributed by atoms with Crippen molar-refractivity contribution in [3.05, 3.63) is 24.3 Å². The quantitative estimate of drug-likeness (QED) is 0.695. The molecule has 3 nitrogen and oxygen atoms in total. The third kappa shape index (κ3) is 2.41. The topological polar surface area (TPSA) is 42.9 Å². The van der Waals surface area contributed by atoms with Crippen molar-refractivity contribution in [1.82, 2.24) is 9.97 Å². The summed E-state index contributed by atoms with van der Waals surface area (Å²) in [5.74, 6) is 1.33. The van der Waals surface area contributed by atoms with Gasteiger partial charge in [-0.3, -0.25) is 4.79 Å². The van der Waals surface area contributed by atoms with E-state index in [9.17, 15) is 4.79 Å². The highest BCUT2D eigenvalue weighted by atomic mass is 16.1. The van der Waals surface area contributed by atoms with Gasteiger partial charge in [0, 0.05) is 18.3 Å². The van der Waals surface area contributed by atoms with E-state index in [1.54, 1.807) is 18.5 Å². The first kappa shape index (κ1) is 10.3. The fourth-order valence-electron chi connectivity index (χ4n) is 2.28. The lowest BCUT2D eigenvalue weighted by Crippen LogP contribution is -2.23. The number of Topliss-reactive ketones (excluding diaryl/α,β-unsaturated/α-hetero) is 1. The van der Waals surface area contributed by atoms with Crippen molar-refractivity contribution in [3.63, 3.8) is 0 Å². The summed E-state index contributed by atoms with van der Waals surface area (Å²) in [4.78, 5) is 20.1. The van der Waals surface area contributed by atoms with E-state index < -0.39 is 0 Å². The zero-order valence-corrected chi connectivity index (χ0v) is 9.02. The molecule has 2 rings (SSSR count). The van der Waals surface area contributed by atoms with Crippen LogP contribution in [0.3, 0.4) is 0 Å². The van der Waals surface area contributed by atoms with Gasteiger partial charge in [0.2, 0.25) is 5.78 Å². The Balaban J connectivity index is 2.08. The Hall–Kier alpha value is -1.25. The van der Waals surface area contributed by atoms with Crippen LogP contribution >= 0.6 is 0 Å². The molecule has 0 aromatic carbocycles. The number of aromatic nitrogens is 2. The predicted molar refractivity (Wildman–Crippen MR) is 57.5 cm³/mol. The maximum absolute atomic E-state index is 12.0. The lowest BCUT2D eigenvalue weighted by molar-refractivity contribution is 0.0857. The zero-order chi connectivity index (χ0) is 10.7. The maximum Gasteiger partial charge on any atom is 0.203 e. The molecule has 0 aliphatic heterocycles. The van der Waals surface area contributed by atoms with Crippen molar-refractivity contribution in [2.75, 3.05) is 0 Å². The minimum absolute atomic E-state index is 0.127. The van der Waals surface area contributed by atoms with Crippen LogP contribution in [0.5, 0.6) is 0 Å². The lowest BCUT2D eigenvalue weighted by atomic mass is 9.80. The molecule has 3 heteroatoms. The van der Waals surface area contributed by atoms with E-state index in [-0.39, 0.29) is 11.7 Å². The van der Waals surface area contributed by atoms with Crippen molar-refractivity contribution in [3.8, 4) is 0 Å². The van der Waals surface area contributed by atoms with Crippen LogP contribution in [-0.2, 0) is 0 Å². The summed E-state index contributed by atoms with van der Waals surface area (Å²) >= 11 is 0. The molecule has 0 bridgehead atoms. The number of carbonyl (C=O) groups excluding carboxylic acids is 1. The highest BCUT2D eigenvalue weighted by Crippen LogP contribution is 2.30. The van der Waals surface area contributed by atoms with Crippen LogP contribution in [-0.4, -0.2) is 15.8 Å². The highest BCUT2D eigenvalue weighted by Gasteiger charge is 2.27. The molecule has 15 heavy (non-hydrogen) atoms. The summed E-state index contributed by atoms with van der Waals surface area (Å²) in [6.45, 7) is 2.21. The zero-order valence-electron chi connectivity index (χ0n) is 9.02. The minimum atomic E-state index is 0.127. The monoisotopic (exact) mass is 204 g/mol. The Bertz CT molecular complexity index is 337. The molecular formula is C12H16N2O. The van der Waals surface area contributed by atoms with Crippen LogP contribution in [0.4, 0.5) is 0 Å². The Morgan fingerprint density at radius 1 is 1.33 bits per heavy atom. The van der Waals surface area contributed by atoms with Crippen LogP contribution in [0.25, 0.3) is 0 Å². The molecular weight excluding hydrogens is 188 g/mol. The molecule has 2 atom stereocenters. The van der Waals surface area contributed by atoms with Gasteiger partial charge in [-0.1, -0.05) is 19.8 Å². The van der Waals surface area contributed by atoms with Gasteiger partial charge < -0.3 is 0 Å². The third-order valence-corrected chi connectivity index (χ3v) is 3.09. The maximum atomic E-state index is 12.0. The Morgan fingerprint density at radius 3 is 2.73 bits per heavy atom. The van der Waals surface area contributed by atoms with Crippen LogP contribution in [0.15, 0.2) is 18.5 Å². The molecule has 1 aromatic rings. The van der Waals surface area contributed by atoms with Gasteiger partial charge in [-0.05, 0) is 24.8 Å². The largest absolute Gasteiger partial charge is 0.290 e. The lowest BCUT2D eigenvalue weighted by Gasteiger charge is -2.24. The smallest absolute Gasteiger partial charge is 0.203 e. The second kappa shape index (κ2) is 4.51. The van der Waals surface area contributed by atoms with Gasteiger partial charge in [-0.2, -0.15) is 0 Å². The summed E-state index contributed by atoms with van der Waals surface area (Å²) in [5.41, 5.74) is 0. The Morgan fingerprint density at radius 2 is 2.07 bits per heavy atom. The van der Waals surface area contributed by atoms with Crippen LogP contribution < -0.4 is 0 Å². The van der Waals surface area contributed by atoms with Gasteiger partial charge in [0.15, 0.2) is 5.82 Å². The van der Waals surface area contributed by atoms with Gasteiger partial charge in [0.25, 0.3) is 0 Å². The van der Waals surface area contributed by atoms with Crippen molar-refractivity contribution in [2.45, 2.75) is 32.6 Å². The molecule has 1 aliphatic carbocycles. The molecule has 1 aliphatic rings. The van der Waals surface area contributed by atoms with Crippen molar-refractivity contribution >= 4 is 5.78 Å². The van der Waals surface area contributed by atoms with Gasteiger partial charge in [0.1, 0.15) is 0 Å². The summed E-state index contributed by atoms with van der Waals surface area (Å²) in [5, 5.41) is 0. The van der Waals surface area contributed by atoms with E-state index in [1.165, 1.54) is 6.42 Å². The summed E-state index contributed by atoms with van der Waals surface area (Å²) in [6, 6.07) is 1.74. The summed E-state index contributed by atoms with van der Waals surface area (Å²) in [6.07, 6.45) is 7.67. The molecule has 0 N–H and O–H groups in total. The molecule has 0 radical (unpaired) electrons. The minimum Gasteiger partial charge on any atom is -0.290 e. The number of ketones is 1. The number of rotatable bonds is 2. The number of carbonyl (C=O) groups is 1. The van der Waals surface area contributed by atoms with E-state index in [1.807, 2.05) is 0 Å². The summed E-state index contributed by atoms with van der Waals surface area (Å²) in [7, 11) is 0. The standard InChI is InChI=1S/C12H16N2O/c1-9-4-2-5-10(8-9)11(15)12-13-6-3-7-14-12/h3,6-7,9-10H,2,4-5,8H2,1H3. The van der Waals surface area contributed by atoms with E-state index in [4.69, 9.17) is 0 Å². The van der Waals surface area contributed by atoms with Crippen molar-refractivity contribution in [2.24, 2.45) is 11.8 Å². The molecule has 0 saturated heterocycles. The van der Waals surface area contributed by atoms with Crippen molar-refractivity contribution < 1.29 is 4.79 Å². The Kier molecular flexibility index (Phi) is 3.09. The van der Waals surface area contributed by atoms with Crippen molar-refractivity contribution in [1.29, 1.82) is 0 Å². The van der Waals surface area contributed by atoms with Gasteiger partial charge in [-0.25, -0.2) is 9.97 Å². The molecule has 0 spiro atoms. The summed E-state index contributed by atoms with van der Waals surface area (Å²) < 4.78 is 0. The number of nitrogens with zero attached hydrogens (tertiary/aromatic N) is 2. The van der Waals surface area contributed by atoms with Crippen LogP contribution in [0, 0.1) is 11.8 Å². The third-order valence-electron chi connectivity index (χ3n) is 3.09. The van der Waals surface area contributed by atoms with E-state index >= 15 is 0 Å². The molecule has 1 heterocycles. The van der Waals surface area contributed by atoms with E-state index in [0.29, 0.717) is 11.7 Å². The first-order valence-electron chi connectivity index (χ1n) is 5.58. The second-order valence-corrected chi connectivity index (χ2v) is 4.41. The SMILES string of the molecule is CC1CCCC(C(=O)c2ncccn2)C1. The van der Waals surface area contributed by atoms with Gasteiger partial charge in [0.05, 0.1) is 0 Å². The normalized spacial score (nSPS) is 26.2. The molecule has 1 saturated carbocycles. The molecule has 2 unspecified atom stereocenters. The number of hydrogen-bond acceptors (Lipinski definition) is 3. The average molecular weight is 204 g/mol. The van der Waals surface area contributed by atoms with E-state index in [0.717, 1.165) is 19.3 Å². The Labute approximate surface area is 89.9 Å². The average Bonchev–Trinajstić information content (AvgIpc) is 2.29. The molecule has 0 amide bonds. The van der Waals surface area contributed by atoms with Crippen LogP contribution in [0.2, 0.25) is 0 Å². The van der Waals surface area contributed by atoms with Gasteiger partial charge >= 0.3 is 0 Å². The second-order valence-electron chi connectivity index (χ2n) is 4.41. The fraction of sp³-hybridized carbons (Fsp3) is 0.583. The predicted octanol–water partition coefficient (Wildman–Crippen LogP) is 2.49. The highest BCUT2D eigenvalue weighted by molar-refractivity contribution is 5.94. The molecule has 80 valence electrons. The molecule has 1 fully saturated rings.